The molecule has 1 fully saturated rings. The summed E-state index contributed by atoms with van der Waals surface area (Å²) in [6.45, 7) is 7.06. The summed E-state index contributed by atoms with van der Waals surface area (Å²) in [6, 6.07) is 3.76. The zero-order valence-electron chi connectivity index (χ0n) is 10.8. The van der Waals surface area contributed by atoms with E-state index in [0.29, 0.717) is 5.02 Å². The molecule has 1 aromatic rings. The molecule has 0 aromatic carbocycles. The molecule has 0 aliphatic carbocycles. The number of rotatable bonds is 2. The maximum atomic E-state index is 11.9. The van der Waals surface area contributed by atoms with Crippen LogP contribution in [0.4, 0.5) is 5.82 Å². The molecule has 1 aliphatic heterocycles. The van der Waals surface area contributed by atoms with Crippen molar-refractivity contribution >= 4 is 23.3 Å². The Hall–Kier alpha value is -1.29. The summed E-state index contributed by atoms with van der Waals surface area (Å²) in [5, 5.41) is 0.646. The molecule has 98 valence electrons. The van der Waals surface area contributed by atoms with Crippen LogP contribution in [0, 0.1) is 5.92 Å². The van der Waals surface area contributed by atoms with Gasteiger partial charge < -0.3 is 9.80 Å². The van der Waals surface area contributed by atoms with Gasteiger partial charge in [-0.25, -0.2) is 4.98 Å². The zero-order chi connectivity index (χ0) is 13.1. The van der Waals surface area contributed by atoms with Gasteiger partial charge in [0.25, 0.3) is 0 Å². The number of hydrogen-bond donors (Lipinski definition) is 0. The van der Waals surface area contributed by atoms with Gasteiger partial charge in [-0.15, -0.1) is 0 Å². The van der Waals surface area contributed by atoms with Crippen molar-refractivity contribution in [2.24, 2.45) is 5.92 Å². The molecule has 18 heavy (non-hydrogen) atoms. The highest BCUT2D eigenvalue weighted by Crippen LogP contribution is 2.16. The molecule has 4 nitrogen and oxygen atoms in total. The van der Waals surface area contributed by atoms with Gasteiger partial charge in [0.2, 0.25) is 5.91 Å². The van der Waals surface area contributed by atoms with Crippen LogP contribution in [0.25, 0.3) is 0 Å². The van der Waals surface area contributed by atoms with E-state index in [0.717, 1.165) is 32.0 Å². The number of halogens is 1. The van der Waals surface area contributed by atoms with Gasteiger partial charge in [-0.3, -0.25) is 4.79 Å². The molecule has 0 bridgehead atoms. The fourth-order valence-corrected chi connectivity index (χ4v) is 2.19. The van der Waals surface area contributed by atoms with Crippen molar-refractivity contribution in [3.63, 3.8) is 0 Å². The number of amides is 1. The summed E-state index contributed by atoms with van der Waals surface area (Å²) in [6.07, 6.45) is 1.66. The number of pyridine rings is 1. The lowest BCUT2D eigenvalue weighted by Gasteiger charge is -2.36. The smallest absolute Gasteiger partial charge is 0.225 e. The lowest BCUT2D eigenvalue weighted by atomic mass is 10.1. The van der Waals surface area contributed by atoms with E-state index in [1.165, 1.54) is 0 Å². The Morgan fingerprint density at radius 3 is 2.44 bits per heavy atom. The first-order chi connectivity index (χ1) is 8.58. The van der Waals surface area contributed by atoms with Gasteiger partial charge in [-0.05, 0) is 12.1 Å². The molecule has 0 saturated carbocycles. The van der Waals surface area contributed by atoms with E-state index >= 15 is 0 Å². The normalized spacial score (nSPS) is 16.2. The summed E-state index contributed by atoms with van der Waals surface area (Å²) in [7, 11) is 0. The maximum Gasteiger partial charge on any atom is 0.225 e. The fourth-order valence-electron chi connectivity index (χ4n) is 2.08. The highest BCUT2D eigenvalue weighted by atomic mass is 35.5. The van der Waals surface area contributed by atoms with Crippen molar-refractivity contribution in [2.45, 2.75) is 13.8 Å². The van der Waals surface area contributed by atoms with Crippen molar-refractivity contribution in [3.8, 4) is 0 Å². The van der Waals surface area contributed by atoms with E-state index in [9.17, 15) is 4.79 Å². The van der Waals surface area contributed by atoms with Crippen LogP contribution in [0.1, 0.15) is 13.8 Å². The van der Waals surface area contributed by atoms with Gasteiger partial charge in [0, 0.05) is 38.3 Å². The number of anilines is 1. The zero-order valence-corrected chi connectivity index (χ0v) is 11.5. The van der Waals surface area contributed by atoms with E-state index in [1.54, 1.807) is 6.20 Å². The first-order valence-corrected chi connectivity index (χ1v) is 6.61. The van der Waals surface area contributed by atoms with Crippen LogP contribution in [-0.2, 0) is 4.79 Å². The summed E-state index contributed by atoms with van der Waals surface area (Å²) < 4.78 is 0. The molecule has 2 heterocycles. The molecule has 1 saturated heterocycles. The molecule has 0 radical (unpaired) electrons. The standard InChI is InChI=1S/C13H18ClN3O/c1-10(2)13(18)17-7-5-16(6-8-17)12-4-3-11(14)9-15-12/h3-4,9-10H,5-8H2,1-2H3. The van der Waals surface area contributed by atoms with Crippen LogP contribution in [0.2, 0.25) is 5.02 Å². The maximum absolute atomic E-state index is 11.9. The Kier molecular flexibility index (Phi) is 4.07. The molecule has 0 N–H and O–H groups in total. The molecular formula is C13H18ClN3O. The van der Waals surface area contributed by atoms with Crippen molar-refractivity contribution < 1.29 is 4.79 Å². The molecule has 1 amide bonds. The Bertz CT molecular complexity index is 411. The first kappa shape index (κ1) is 13.1. The predicted octanol–water partition coefficient (Wildman–Crippen LogP) is 2.04. The lowest BCUT2D eigenvalue weighted by molar-refractivity contribution is -0.134. The van der Waals surface area contributed by atoms with Crippen molar-refractivity contribution in [2.75, 3.05) is 31.1 Å². The van der Waals surface area contributed by atoms with E-state index in [1.807, 2.05) is 30.9 Å². The highest BCUT2D eigenvalue weighted by molar-refractivity contribution is 6.30. The monoisotopic (exact) mass is 267 g/mol. The Morgan fingerprint density at radius 1 is 1.28 bits per heavy atom. The van der Waals surface area contributed by atoms with Crippen molar-refractivity contribution in [1.29, 1.82) is 0 Å². The number of carbonyl (C=O) groups is 1. The third-order valence-corrected chi connectivity index (χ3v) is 3.34. The Morgan fingerprint density at radius 2 is 1.94 bits per heavy atom. The molecule has 1 aliphatic rings. The second-order valence-corrected chi connectivity index (χ2v) is 5.24. The summed E-state index contributed by atoms with van der Waals surface area (Å²) >= 11 is 5.82. The topological polar surface area (TPSA) is 36.4 Å². The summed E-state index contributed by atoms with van der Waals surface area (Å²) in [5.41, 5.74) is 0. The number of nitrogens with zero attached hydrogens (tertiary/aromatic N) is 3. The number of piperazine rings is 1. The van der Waals surface area contributed by atoms with E-state index in [2.05, 4.69) is 9.88 Å². The van der Waals surface area contributed by atoms with Gasteiger partial charge in [-0.1, -0.05) is 25.4 Å². The number of hydrogen-bond acceptors (Lipinski definition) is 3. The van der Waals surface area contributed by atoms with Crippen LogP contribution in [0.3, 0.4) is 0 Å². The molecule has 0 spiro atoms. The van der Waals surface area contributed by atoms with E-state index in [-0.39, 0.29) is 11.8 Å². The van der Waals surface area contributed by atoms with Gasteiger partial charge in [-0.2, -0.15) is 0 Å². The van der Waals surface area contributed by atoms with Gasteiger partial charge in [0.1, 0.15) is 5.82 Å². The average Bonchev–Trinajstić information content (AvgIpc) is 2.39. The SMILES string of the molecule is CC(C)C(=O)N1CCN(c2ccc(Cl)cn2)CC1. The van der Waals surface area contributed by atoms with E-state index < -0.39 is 0 Å². The number of carbonyl (C=O) groups excluding carboxylic acids is 1. The second-order valence-electron chi connectivity index (χ2n) is 4.80. The van der Waals surface area contributed by atoms with Crippen LogP contribution in [0.5, 0.6) is 0 Å². The quantitative estimate of drug-likeness (QED) is 0.823. The largest absolute Gasteiger partial charge is 0.353 e. The number of aromatic nitrogens is 1. The fraction of sp³-hybridized carbons (Fsp3) is 0.538. The lowest BCUT2D eigenvalue weighted by Crippen LogP contribution is -2.50. The minimum Gasteiger partial charge on any atom is -0.353 e. The molecule has 2 rings (SSSR count). The van der Waals surface area contributed by atoms with E-state index in [4.69, 9.17) is 11.6 Å². The molecular weight excluding hydrogens is 250 g/mol. The Labute approximate surface area is 113 Å². The molecule has 0 atom stereocenters. The van der Waals surface area contributed by atoms with Crippen LogP contribution >= 0.6 is 11.6 Å². The second kappa shape index (κ2) is 5.57. The minimum atomic E-state index is 0.0743. The minimum absolute atomic E-state index is 0.0743. The third-order valence-electron chi connectivity index (χ3n) is 3.12. The van der Waals surface area contributed by atoms with Crippen LogP contribution in [0.15, 0.2) is 18.3 Å². The molecule has 1 aromatic heterocycles. The highest BCUT2D eigenvalue weighted by Gasteiger charge is 2.23. The Balaban J connectivity index is 1.94. The van der Waals surface area contributed by atoms with Crippen LogP contribution in [-0.4, -0.2) is 42.0 Å². The van der Waals surface area contributed by atoms with Gasteiger partial charge in [0.05, 0.1) is 5.02 Å². The van der Waals surface area contributed by atoms with Gasteiger partial charge >= 0.3 is 0 Å². The average molecular weight is 268 g/mol. The molecule has 5 heteroatoms. The summed E-state index contributed by atoms with van der Waals surface area (Å²) in [5.74, 6) is 1.24. The summed E-state index contributed by atoms with van der Waals surface area (Å²) in [4.78, 5) is 20.3. The first-order valence-electron chi connectivity index (χ1n) is 6.23. The predicted molar refractivity (Wildman–Crippen MR) is 72.9 cm³/mol. The van der Waals surface area contributed by atoms with Crippen LogP contribution < -0.4 is 4.90 Å². The van der Waals surface area contributed by atoms with Crippen molar-refractivity contribution in [3.05, 3.63) is 23.4 Å². The van der Waals surface area contributed by atoms with Gasteiger partial charge in [0.15, 0.2) is 0 Å². The van der Waals surface area contributed by atoms with Crippen molar-refractivity contribution in [1.82, 2.24) is 9.88 Å². The molecule has 0 unspecified atom stereocenters. The third kappa shape index (κ3) is 2.93.